The lowest BCUT2D eigenvalue weighted by molar-refractivity contribution is -0.137. The van der Waals surface area contributed by atoms with Crippen molar-refractivity contribution < 1.29 is 18.0 Å². The minimum atomic E-state index is -4.44. The Hall–Kier alpha value is -2.38. The molecule has 0 radical (unpaired) electrons. The van der Waals surface area contributed by atoms with Gasteiger partial charge in [0.05, 0.1) is 12.0 Å². The molecule has 0 unspecified atom stereocenters. The maximum atomic E-state index is 12.9. The van der Waals surface area contributed by atoms with Gasteiger partial charge in [0.2, 0.25) is 5.91 Å². The van der Waals surface area contributed by atoms with Crippen LogP contribution in [0.15, 0.2) is 18.2 Å². The number of nitrogens with zero attached hydrogens (tertiary/aromatic N) is 3. The number of amides is 1. The second-order valence-electron chi connectivity index (χ2n) is 5.25. The van der Waals surface area contributed by atoms with Gasteiger partial charge in [0.25, 0.3) is 0 Å². The third-order valence-corrected chi connectivity index (χ3v) is 3.29. The Bertz CT molecular complexity index is 722. The summed E-state index contributed by atoms with van der Waals surface area (Å²) in [6.07, 6.45) is -3.86. The molecular formula is C15H17F3N4O. The molecule has 1 heterocycles. The number of aryl methyl sites for hydroxylation is 2. The summed E-state index contributed by atoms with van der Waals surface area (Å²) < 4.78 is 40.3. The van der Waals surface area contributed by atoms with Crippen molar-refractivity contribution in [3.8, 4) is 11.4 Å². The molecule has 0 bridgehead atoms. The molecule has 0 aliphatic heterocycles. The van der Waals surface area contributed by atoms with E-state index in [-0.39, 0.29) is 12.2 Å². The minimum Gasteiger partial charge on any atom is -0.369 e. The van der Waals surface area contributed by atoms with E-state index in [1.165, 1.54) is 10.7 Å². The Kier molecular flexibility index (Phi) is 4.72. The van der Waals surface area contributed by atoms with Crippen molar-refractivity contribution in [1.29, 1.82) is 0 Å². The summed E-state index contributed by atoms with van der Waals surface area (Å²) in [5.41, 5.74) is 5.37. The second kappa shape index (κ2) is 6.39. The Morgan fingerprint density at radius 1 is 1.35 bits per heavy atom. The molecule has 0 aliphatic rings. The van der Waals surface area contributed by atoms with Gasteiger partial charge < -0.3 is 5.73 Å². The SMILES string of the molecule is CCCn1nc(CC(N)=O)nc1-c1cc(C(F)(F)F)ccc1C. The molecule has 2 N–H and O–H groups in total. The van der Waals surface area contributed by atoms with Crippen LogP contribution in [0.4, 0.5) is 13.2 Å². The number of nitrogens with two attached hydrogens (primary N) is 1. The van der Waals surface area contributed by atoms with Crippen molar-refractivity contribution in [2.45, 2.75) is 39.4 Å². The standard InChI is InChI=1S/C15H17F3N4O/c1-3-6-22-14(20-13(21-22)8-12(19)23)11-7-10(15(16,17)18)5-4-9(11)2/h4-5,7H,3,6,8H2,1-2H3,(H2,19,23). The molecule has 0 fully saturated rings. The molecule has 0 aliphatic carbocycles. The number of primary amides is 1. The van der Waals surface area contributed by atoms with Crippen LogP contribution in [0.5, 0.6) is 0 Å². The van der Waals surface area contributed by atoms with Gasteiger partial charge in [-0.05, 0) is 31.0 Å². The predicted molar refractivity (Wildman–Crippen MR) is 78.4 cm³/mol. The monoisotopic (exact) mass is 326 g/mol. The summed E-state index contributed by atoms with van der Waals surface area (Å²) >= 11 is 0. The fourth-order valence-corrected chi connectivity index (χ4v) is 2.23. The lowest BCUT2D eigenvalue weighted by atomic mass is 10.0. The molecule has 1 aromatic heterocycles. The molecule has 5 nitrogen and oxygen atoms in total. The first-order valence-electron chi connectivity index (χ1n) is 7.12. The van der Waals surface area contributed by atoms with Gasteiger partial charge in [0.15, 0.2) is 11.6 Å². The van der Waals surface area contributed by atoms with E-state index in [1.807, 2.05) is 6.92 Å². The third kappa shape index (κ3) is 3.88. The Balaban J connectivity index is 2.55. The molecule has 0 saturated heterocycles. The highest BCUT2D eigenvalue weighted by Gasteiger charge is 2.31. The summed E-state index contributed by atoms with van der Waals surface area (Å²) in [4.78, 5) is 15.2. The van der Waals surface area contributed by atoms with Gasteiger partial charge in [-0.3, -0.25) is 4.79 Å². The van der Waals surface area contributed by atoms with Gasteiger partial charge >= 0.3 is 6.18 Å². The average molecular weight is 326 g/mol. The largest absolute Gasteiger partial charge is 0.416 e. The Morgan fingerprint density at radius 2 is 2.04 bits per heavy atom. The highest BCUT2D eigenvalue weighted by atomic mass is 19.4. The zero-order valence-electron chi connectivity index (χ0n) is 12.8. The number of carbonyl (C=O) groups excluding carboxylic acids is 1. The smallest absolute Gasteiger partial charge is 0.369 e. The molecule has 0 saturated carbocycles. The Morgan fingerprint density at radius 3 is 2.61 bits per heavy atom. The summed E-state index contributed by atoms with van der Waals surface area (Å²) in [5, 5.41) is 4.17. The summed E-state index contributed by atoms with van der Waals surface area (Å²) in [6, 6.07) is 3.49. The van der Waals surface area contributed by atoms with Crippen molar-refractivity contribution in [2.75, 3.05) is 0 Å². The molecule has 0 atom stereocenters. The third-order valence-electron chi connectivity index (χ3n) is 3.29. The van der Waals surface area contributed by atoms with E-state index < -0.39 is 17.6 Å². The van der Waals surface area contributed by atoms with E-state index >= 15 is 0 Å². The van der Waals surface area contributed by atoms with Crippen LogP contribution in [0.1, 0.15) is 30.3 Å². The van der Waals surface area contributed by atoms with Crippen LogP contribution in [-0.2, 0) is 23.9 Å². The highest BCUT2D eigenvalue weighted by molar-refractivity contribution is 5.75. The second-order valence-corrected chi connectivity index (χ2v) is 5.25. The van der Waals surface area contributed by atoms with E-state index in [0.717, 1.165) is 18.6 Å². The minimum absolute atomic E-state index is 0.151. The van der Waals surface area contributed by atoms with E-state index in [4.69, 9.17) is 5.73 Å². The van der Waals surface area contributed by atoms with Gasteiger partial charge in [-0.1, -0.05) is 13.0 Å². The van der Waals surface area contributed by atoms with Crippen LogP contribution in [-0.4, -0.2) is 20.7 Å². The molecule has 1 amide bonds. The summed E-state index contributed by atoms with van der Waals surface area (Å²) in [7, 11) is 0. The first-order valence-corrected chi connectivity index (χ1v) is 7.12. The van der Waals surface area contributed by atoms with Crippen molar-refractivity contribution in [1.82, 2.24) is 14.8 Å². The van der Waals surface area contributed by atoms with Crippen LogP contribution in [0.3, 0.4) is 0 Å². The molecule has 124 valence electrons. The lowest BCUT2D eigenvalue weighted by Crippen LogP contribution is -2.14. The number of alkyl halides is 3. The number of hydrogen-bond acceptors (Lipinski definition) is 3. The van der Waals surface area contributed by atoms with Crippen LogP contribution in [0.2, 0.25) is 0 Å². The first kappa shape index (κ1) is 17.0. The highest BCUT2D eigenvalue weighted by Crippen LogP contribution is 2.33. The summed E-state index contributed by atoms with van der Waals surface area (Å²) in [6.45, 7) is 4.10. The van der Waals surface area contributed by atoms with Gasteiger partial charge in [0, 0.05) is 12.1 Å². The van der Waals surface area contributed by atoms with Gasteiger partial charge in [-0.15, -0.1) is 0 Å². The molecule has 2 aromatic rings. The number of halogens is 3. The molecular weight excluding hydrogens is 309 g/mol. The molecule has 8 heteroatoms. The van der Waals surface area contributed by atoms with Gasteiger partial charge in [-0.25, -0.2) is 9.67 Å². The zero-order valence-corrected chi connectivity index (χ0v) is 12.8. The number of benzene rings is 1. The normalized spacial score (nSPS) is 11.7. The quantitative estimate of drug-likeness (QED) is 0.918. The van der Waals surface area contributed by atoms with Crippen LogP contribution in [0.25, 0.3) is 11.4 Å². The lowest BCUT2D eigenvalue weighted by Gasteiger charge is -2.11. The van der Waals surface area contributed by atoms with Gasteiger partial charge in [0.1, 0.15) is 0 Å². The van der Waals surface area contributed by atoms with Crippen molar-refractivity contribution in [3.05, 3.63) is 35.2 Å². The average Bonchev–Trinajstić information content (AvgIpc) is 2.80. The maximum Gasteiger partial charge on any atom is 0.416 e. The van der Waals surface area contributed by atoms with Crippen molar-refractivity contribution in [3.63, 3.8) is 0 Å². The van der Waals surface area contributed by atoms with Crippen LogP contribution >= 0.6 is 0 Å². The van der Waals surface area contributed by atoms with E-state index in [1.54, 1.807) is 6.92 Å². The molecule has 2 rings (SSSR count). The van der Waals surface area contributed by atoms with E-state index in [9.17, 15) is 18.0 Å². The molecule has 1 aromatic carbocycles. The number of hydrogen-bond donors (Lipinski definition) is 1. The number of rotatable bonds is 5. The maximum absolute atomic E-state index is 12.9. The Labute approximate surface area is 131 Å². The number of aromatic nitrogens is 3. The number of carbonyl (C=O) groups is 1. The van der Waals surface area contributed by atoms with Crippen molar-refractivity contribution >= 4 is 5.91 Å². The van der Waals surface area contributed by atoms with E-state index in [0.29, 0.717) is 23.5 Å². The topological polar surface area (TPSA) is 73.8 Å². The fraction of sp³-hybridized carbons (Fsp3) is 0.400. The first-order chi connectivity index (χ1) is 10.7. The summed E-state index contributed by atoms with van der Waals surface area (Å²) in [5.74, 6) is -0.0737. The fourth-order valence-electron chi connectivity index (χ4n) is 2.23. The van der Waals surface area contributed by atoms with Crippen LogP contribution < -0.4 is 5.73 Å². The molecule has 0 spiro atoms. The zero-order chi connectivity index (χ0) is 17.2. The van der Waals surface area contributed by atoms with Gasteiger partial charge in [-0.2, -0.15) is 18.3 Å². The van der Waals surface area contributed by atoms with E-state index in [2.05, 4.69) is 10.1 Å². The predicted octanol–water partition coefficient (Wildman–Crippen LogP) is 2.71. The van der Waals surface area contributed by atoms with Crippen molar-refractivity contribution in [2.24, 2.45) is 5.73 Å². The molecule has 23 heavy (non-hydrogen) atoms. The van der Waals surface area contributed by atoms with Crippen LogP contribution in [0, 0.1) is 6.92 Å².